The summed E-state index contributed by atoms with van der Waals surface area (Å²) in [6.07, 6.45) is 0.0508. The lowest BCUT2D eigenvalue weighted by molar-refractivity contribution is -0.161. The van der Waals surface area contributed by atoms with E-state index in [1.807, 2.05) is 54.8 Å². The molecule has 1 aromatic carbocycles. The number of hydrogen-bond acceptors (Lipinski definition) is 3. The number of ether oxygens (including phenoxy) is 1. The smallest absolute Gasteiger partial charge is 0.326 e. The van der Waals surface area contributed by atoms with Gasteiger partial charge < -0.3 is 9.30 Å². The van der Waals surface area contributed by atoms with Crippen LogP contribution in [0.2, 0.25) is 0 Å². The van der Waals surface area contributed by atoms with Gasteiger partial charge in [0.15, 0.2) is 5.78 Å². The van der Waals surface area contributed by atoms with E-state index in [2.05, 4.69) is 0 Å². The molecule has 0 N–H and O–H groups in total. The van der Waals surface area contributed by atoms with E-state index in [1.165, 1.54) is 0 Å². The standard InChI is InChI=1S/C18H17NO3/c1-18(2)9-14(20)12-8-13(11-6-4-3-5-7-11)19-10-15(21)22-17(18)16(12)19/h3-8,17H,9-10H2,1-2H3. The minimum absolute atomic E-state index is 0.130. The summed E-state index contributed by atoms with van der Waals surface area (Å²) in [5.74, 6) is -0.107. The second-order valence-electron chi connectivity index (χ2n) is 6.74. The van der Waals surface area contributed by atoms with Crippen molar-refractivity contribution < 1.29 is 14.3 Å². The third-order valence-electron chi connectivity index (χ3n) is 4.62. The van der Waals surface area contributed by atoms with E-state index in [1.54, 1.807) is 0 Å². The van der Waals surface area contributed by atoms with Gasteiger partial charge in [-0.05, 0) is 11.6 Å². The fourth-order valence-electron chi connectivity index (χ4n) is 3.57. The van der Waals surface area contributed by atoms with Crippen LogP contribution in [0.3, 0.4) is 0 Å². The number of aromatic nitrogens is 1. The van der Waals surface area contributed by atoms with E-state index in [0.717, 1.165) is 17.0 Å². The van der Waals surface area contributed by atoms with Crippen molar-refractivity contribution in [3.63, 3.8) is 0 Å². The zero-order chi connectivity index (χ0) is 15.5. The second kappa shape index (κ2) is 4.32. The van der Waals surface area contributed by atoms with Crippen LogP contribution in [0.15, 0.2) is 36.4 Å². The van der Waals surface area contributed by atoms with Gasteiger partial charge in [0.05, 0.1) is 5.69 Å². The second-order valence-corrected chi connectivity index (χ2v) is 6.74. The maximum atomic E-state index is 12.5. The molecule has 2 aromatic rings. The molecule has 22 heavy (non-hydrogen) atoms. The molecular formula is C18H17NO3. The van der Waals surface area contributed by atoms with E-state index in [-0.39, 0.29) is 29.8 Å². The third-order valence-corrected chi connectivity index (χ3v) is 4.62. The van der Waals surface area contributed by atoms with Gasteiger partial charge in [0.2, 0.25) is 0 Å². The van der Waals surface area contributed by atoms with Crippen molar-refractivity contribution in [2.45, 2.75) is 32.9 Å². The van der Waals surface area contributed by atoms with Gasteiger partial charge in [0.1, 0.15) is 12.6 Å². The van der Waals surface area contributed by atoms with Crippen molar-refractivity contribution >= 4 is 11.8 Å². The molecule has 0 spiro atoms. The highest BCUT2D eigenvalue weighted by atomic mass is 16.5. The summed E-state index contributed by atoms with van der Waals surface area (Å²) >= 11 is 0. The number of nitrogens with zero attached hydrogens (tertiary/aromatic N) is 1. The maximum Gasteiger partial charge on any atom is 0.326 e. The molecular weight excluding hydrogens is 278 g/mol. The van der Waals surface area contributed by atoms with Crippen LogP contribution in [0.25, 0.3) is 11.3 Å². The van der Waals surface area contributed by atoms with Crippen molar-refractivity contribution in [1.29, 1.82) is 0 Å². The van der Waals surface area contributed by atoms with Gasteiger partial charge in [-0.2, -0.15) is 0 Å². The summed E-state index contributed by atoms with van der Waals surface area (Å²) in [6, 6.07) is 11.8. The average molecular weight is 295 g/mol. The molecule has 4 heteroatoms. The predicted molar refractivity (Wildman–Crippen MR) is 81.4 cm³/mol. The van der Waals surface area contributed by atoms with Crippen LogP contribution in [-0.2, 0) is 16.1 Å². The van der Waals surface area contributed by atoms with Crippen LogP contribution < -0.4 is 0 Å². The van der Waals surface area contributed by atoms with E-state index < -0.39 is 0 Å². The van der Waals surface area contributed by atoms with Gasteiger partial charge in [-0.3, -0.25) is 9.59 Å². The minimum atomic E-state index is -0.371. The van der Waals surface area contributed by atoms with Gasteiger partial charge in [-0.25, -0.2) is 0 Å². The summed E-state index contributed by atoms with van der Waals surface area (Å²) in [6.45, 7) is 4.13. The first-order chi connectivity index (χ1) is 10.5. The Morgan fingerprint density at radius 2 is 1.91 bits per heavy atom. The summed E-state index contributed by atoms with van der Waals surface area (Å²) < 4.78 is 7.55. The zero-order valence-corrected chi connectivity index (χ0v) is 12.6. The van der Waals surface area contributed by atoms with Gasteiger partial charge in [0.25, 0.3) is 0 Å². The van der Waals surface area contributed by atoms with Gasteiger partial charge in [-0.15, -0.1) is 0 Å². The van der Waals surface area contributed by atoms with Crippen molar-refractivity contribution in [2.75, 3.05) is 0 Å². The number of esters is 1. The van der Waals surface area contributed by atoms with Gasteiger partial charge in [0, 0.05) is 23.1 Å². The fourth-order valence-corrected chi connectivity index (χ4v) is 3.57. The van der Waals surface area contributed by atoms with Crippen LogP contribution in [0, 0.1) is 5.41 Å². The molecule has 4 rings (SSSR count). The molecule has 0 saturated carbocycles. The third kappa shape index (κ3) is 1.76. The molecule has 1 aromatic heterocycles. The quantitative estimate of drug-likeness (QED) is 0.758. The number of rotatable bonds is 1. The Kier molecular flexibility index (Phi) is 2.61. The number of carbonyl (C=O) groups is 2. The Balaban J connectivity index is 1.99. The molecule has 112 valence electrons. The number of hydrogen-bond donors (Lipinski definition) is 0. The predicted octanol–water partition coefficient (Wildman–Crippen LogP) is 3.37. The topological polar surface area (TPSA) is 48.3 Å². The Bertz CT molecular complexity index is 786. The van der Waals surface area contributed by atoms with Crippen LogP contribution in [0.1, 0.15) is 42.4 Å². The maximum absolute atomic E-state index is 12.5. The lowest BCUT2D eigenvalue weighted by atomic mass is 9.73. The van der Waals surface area contributed by atoms with Crippen LogP contribution in [0.4, 0.5) is 0 Å². The zero-order valence-electron chi connectivity index (χ0n) is 12.6. The number of benzene rings is 1. The Morgan fingerprint density at radius 1 is 1.18 bits per heavy atom. The van der Waals surface area contributed by atoms with Crippen LogP contribution in [-0.4, -0.2) is 16.3 Å². The lowest BCUT2D eigenvalue weighted by Crippen LogP contribution is -2.40. The number of Topliss-reactive ketones (excluding diaryl/α,β-unsaturated/α-hetero) is 1. The molecule has 0 bridgehead atoms. The van der Waals surface area contributed by atoms with Crippen molar-refractivity contribution in [2.24, 2.45) is 5.41 Å². The first-order valence-corrected chi connectivity index (χ1v) is 7.49. The summed E-state index contributed by atoms with van der Waals surface area (Å²) in [5, 5.41) is 0. The van der Waals surface area contributed by atoms with E-state index in [9.17, 15) is 9.59 Å². The lowest BCUT2D eigenvalue weighted by Gasteiger charge is -2.40. The molecule has 2 aliphatic rings. The van der Waals surface area contributed by atoms with Crippen molar-refractivity contribution in [3.8, 4) is 11.3 Å². The first kappa shape index (κ1) is 13.3. The monoisotopic (exact) mass is 295 g/mol. The molecule has 0 amide bonds. The molecule has 1 aliphatic carbocycles. The summed E-state index contributed by atoms with van der Waals surface area (Å²) in [4.78, 5) is 24.6. The number of ketones is 1. The minimum Gasteiger partial charge on any atom is -0.454 e. The normalized spacial score (nSPS) is 22.2. The Labute approximate surface area is 128 Å². The highest BCUT2D eigenvalue weighted by molar-refractivity contribution is 6.01. The van der Waals surface area contributed by atoms with E-state index in [4.69, 9.17) is 4.74 Å². The van der Waals surface area contributed by atoms with E-state index >= 15 is 0 Å². The highest BCUT2D eigenvalue weighted by Crippen LogP contribution is 2.49. The summed E-state index contributed by atoms with van der Waals surface area (Å²) in [7, 11) is 0. The molecule has 0 fully saturated rings. The largest absolute Gasteiger partial charge is 0.454 e. The molecule has 2 heterocycles. The number of carbonyl (C=O) groups excluding carboxylic acids is 2. The molecule has 4 nitrogen and oxygen atoms in total. The highest BCUT2D eigenvalue weighted by Gasteiger charge is 2.47. The molecule has 1 aliphatic heterocycles. The molecule has 1 atom stereocenters. The van der Waals surface area contributed by atoms with Crippen LogP contribution >= 0.6 is 0 Å². The van der Waals surface area contributed by atoms with Gasteiger partial charge in [-0.1, -0.05) is 44.2 Å². The molecule has 0 radical (unpaired) electrons. The first-order valence-electron chi connectivity index (χ1n) is 7.49. The van der Waals surface area contributed by atoms with Crippen LogP contribution in [0.5, 0.6) is 0 Å². The van der Waals surface area contributed by atoms with Gasteiger partial charge >= 0.3 is 5.97 Å². The fraction of sp³-hybridized carbons (Fsp3) is 0.333. The summed E-state index contributed by atoms with van der Waals surface area (Å²) in [5.41, 5.74) is 3.12. The SMILES string of the molecule is CC1(C)CC(=O)c2cc(-c3ccccc3)n3c2C1OC(=O)C3. The van der Waals surface area contributed by atoms with Crippen molar-refractivity contribution in [3.05, 3.63) is 47.7 Å². The molecule has 0 saturated heterocycles. The van der Waals surface area contributed by atoms with E-state index in [0.29, 0.717) is 12.0 Å². The average Bonchev–Trinajstić information content (AvgIpc) is 2.85. The Morgan fingerprint density at radius 3 is 2.64 bits per heavy atom. The van der Waals surface area contributed by atoms with Crippen molar-refractivity contribution in [1.82, 2.24) is 4.57 Å². The Hall–Kier alpha value is -2.36. The molecule has 1 unspecified atom stereocenters.